The van der Waals surface area contributed by atoms with Gasteiger partial charge in [-0.05, 0) is 72.8 Å². The second-order valence-corrected chi connectivity index (χ2v) is 5.94. The highest BCUT2D eigenvalue weighted by Crippen LogP contribution is 2.13. The van der Waals surface area contributed by atoms with Gasteiger partial charge in [0.15, 0.2) is 0 Å². The second kappa shape index (κ2) is 13.6. The van der Waals surface area contributed by atoms with Crippen molar-refractivity contribution in [3.8, 4) is 0 Å². The molecule has 3 N–H and O–H groups in total. The van der Waals surface area contributed by atoms with Crippen LogP contribution < -0.4 is 11.1 Å². The van der Waals surface area contributed by atoms with Gasteiger partial charge in [0.2, 0.25) is 0 Å². The number of anilines is 3. The van der Waals surface area contributed by atoms with Gasteiger partial charge in [0, 0.05) is 23.8 Å². The van der Waals surface area contributed by atoms with Gasteiger partial charge in [0.1, 0.15) is 22.6 Å². The summed E-state index contributed by atoms with van der Waals surface area (Å²) in [7, 11) is 0. The van der Waals surface area contributed by atoms with E-state index in [4.69, 9.17) is 17.3 Å². The van der Waals surface area contributed by atoms with Gasteiger partial charge in [0.05, 0.1) is 0 Å². The van der Waals surface area contributed by atoms with E-state index in [0.29, 0.717) is 10.8 Å². The van der Waals surface area contributed by atoms with Crippen LogP contribution >= 0.6 is 11.6 Å². The first-order valence-electron chi connectivity index (χ1n) is 8.54. The van der Waals surface area contributed by atoms with Crippen LogP contribution in [0.1, 0.15) is 7.43 Å². The third-order valence-electron chi connectivity index (χ3n) is 3.28. The molecule has 0 fully saturated rings. The number of hydrogen-bond donors (Lipinski definition) is 2. The maximum absolute atomic E-state index is 12.6. The first-order valence-corrected chi connectivity index (χ1v) is 8.92. The second-order valence-electron chi connectivity index (χ2n) is 5.55. The van der Waals surface area contributed by atoms with Crippen LogP contribution in [0.5, 0.6) is 0 Å². The lowest BCUT2D eigenvalue weighted by Crippen LogP contribution is -1.91. The Morgan fingerprint density at radius 1 is 0.700 bits per heavy atom. The molecule has 0 unspecified atom stereocenters. The van der Waals surface area contributed by atoms with Gasteiger partial charge >= 0.3 is 0 Å². The van der Waals surface area contributed by atoms with Gasteiger partial charge in [-0.15, -0.1) is 0 Å². The molecule has 7 heteroatoms. The maximum atomic E-state index is 12.6. The fraction of sp³-hybridized carbons (Fsp3) is 0.0435. The van der Waals surface area contributed by atoms with Gasteiger partial charge in [-0.1, -0.05) is 31.2 Å². The molecular weight excluding hydrogens is 406 g/mol. The summed E-state index contributed by atoms with van der Waals surface area (Å²) in [5.74, 6) is 0.259. The van der Waals surface area contributed by atoms with E-state index in [0.717, 1.165) is 11.5 Å². The molecule has 0 amide bonds. The summed E-state index contributed by atoms with van der Waals surface area (Å²) >= 11 is 5.43. The Labute approximate surface area is 180 Å². The molecule has 0 aliphatic heterocycles. The maximum Gasteiger partial charge on any atom is 0.130 e. The summed E-state index contributed by atoms with van der Waals surface area (Å²) in [6.45, 7) is 0. The lowest BCUT2D eigenvalue weighted by atomic mass is 10.3. The number of nitrogens with one attached hydrogen (secondary N) is 1. The summed E-state index contributed by atoms with van der Waals surface area (Å²) in [5, 5.41) is 3.60. The Bertz CT molecular complexity index is 931. The zero-order valence-corrected chi connectivity index (χ0v) is 16.1. The zero-order chi connectivity index (χ0) is 20.9. The number of nitrogens with zero attached hydrogens (tertiary/aromatic N) is 2. The molecule has 0 spiro atoms. The number of rotatable bonds is 2. The number of nitrogens with two attached hydrogens (primary N) is 1. The standard InChI is InChI=1S/C11H9FN2.C6H6FN.C5H4ClN.CH4/c12-9-4-6-10(7-5-9)14-11-3-1-2-8-13-11;7-5-1-3-6(8)4-2-5;6-5-3-1-2-4-7-5;/h1-8H,(H,13,14);1-4H,8H2;1-4H;1H4. The average molecular weight is 429 g/mol. The van der Waals surface area contributed by atoms with Crippen molar-refractivity contribution in [1.82, 2.24) is 9.97 Å². The van der Waals surface area contributed by atoms with Gasteiger partial charge in [-0.25, -0.2) is 18.7 Å². The highest BCUT2D eigenvalue weighted by molar-refractivity contribution is 6.29. The molecule has 2 aromatic carbocycles. The molecule has 4 nitrogen and oxygen atoms in total. The van der Waals surface area contributed by atoms with Crippen LogP contribution in [0, 0.1) is 11.6 Å². The molecule has 0 atom stereocenters. The Kier molecular flexibility index (Phi) is 11.1. The molecule has 2 heterocycles. The Balaban J connectivity index is 0.000000241. The molecule has 0 bridgehead atoms. The number of pyridine rings is 2. The Morgan fingerprint density at radius 3 is 1.63 bits per heavy atom. The highest BCUT2D eigenvalue weighted by Gasteiger charge is 1.94. The first-order chi connectivity index (χ1) is 14.0. The zero-order valence-electron chi connectivity index (χ0n) is 15.3. The van der Waals surface area contributed by atoms with E-state index in [1.807, 2.05) is 30.3 Å². The lowest BCUT2D eigenvalue weighted by Gasteiger charge is -2.03. The molecule has 0 saturated heterocycles. The number of halogens is 3. The number of benzene rings is 2. The summed E-state index contributed by atoms with van der Waals surface area (Å²) < 4.78 is 24.6. The van der Waals surface area contributed by atoms with E-state index in [2.05, 4.69) is 15.3 Å². The smallest absolute Gasteiger partial charge is 0.130 e. The molecule has 0 aliphatic rings. The largest absolute Gasteiger partial charge is 0.399 e. The van der Waals surface area contributed by atoms with Crippen molar-refractivity contribution in [2.75, 3.05) is 11.1 Å². The summed E-state index contributed by atoms with van der Waals surface area (Å²) in [6, 6.07) is 22.8. The van der Waals surface area contributed by atoms with Crippen molar-refractivity contribution in [3.63, 3.8) is 0 Å². The molecule has 0 radical (unpaired) electrons. The average Bonchev–Trinajstić information content (AvgIpc) is 2.74. The molecule has 156 valence electrons. The molecule has 0 saturated carbocycles. The van der Waals surface area contributed by atoms with Crippen molar-refractivity contribution in [1.29, 1.82) is 0 Å². The Morgan fingerprint density at radius 2 is 1.23 bits per heavy atom. The van der Waals surface area contributed by atoms with Crippen LogP contribution in [0.25, 0.3) is 0 Å². The fourth-order valence-electron chi connectivity index (χ4n) is 1.92. The normalized spacial score (nSPS) is 9.03. The summed E-state index contributed by atoms with van der Waals surface area (Å²) in [6.07, 6.45) is 3.36. The predicted octanol–water partition coefficient (Wildman–Crippen LogP) is 6.74. The van der Waals surface area contributed by atoms with E-state index in [1.54, 1.807) is 30.6 Å². The van der Waals surface area contributed by atoms with Crippen LogP contribution in [0.2, 0.25) is 5.15 Å². The first kappa shape index (κ1) is 24.5. The predicted molar refractivity (Wildman–Crippen MR) is 121 cm³/mol. The van der Waals surface area contributed by atoms with E-state index >= 15 is 0 Å². The fourth-order valence-corrected chi connectivity index (χ4v) is 2.05. The van der Waals surface area contributed by atoms with Crippen LogP contribution in [0.15, 0.2) is 97.3 Å². The monoisotopic (exact) mass is 428 g/mol. The highest BCUT2D eigenvalue weighted by atomic mass is 35.5. The van der Waals surface area contributed by atoms with Gasteiger partial charge in [-0.2, -0.15) is 0 Å². The summed E-state index contributed by atoms with van der Waals surface area (Å²) in [4.78, 5) is 7.84. The molecule has 0 aliphatic carbocycles. The van der Waals surface area contributed by atoms with Gasteiger partial charge in [-0.3, -0.25) is 0 Å². The van der Waals surface area contributed by atoms with Crippen molar-refractivity contribution in [2.45, 2.75) is 7.43 Å². The quantitative estimate of drug-likeness (QED) is 0.274. The molecule has 2 aromatic heterocycles. The number of nitrogen functional groups attached to an aromatic ring is 1. The third kappa shape index (κ3) is 10.1. The lowest BCUT2D eigenvalue weighted by molar-refractivity contribution is 0.627. The van der Waals surface area contributed by atoms with Crippen LogP contribution in [-0.2, 0) is 0 Å². The number of aromatic nitrogens is 2. The van der Waals surface area contributed by atoms with E-state index in [9.17, 15) is 8.78 Å². The minimum Gasteiger partial charge on any atom is -0.399 e. The van der Waals surface area contributed by atoms with Gasteiger partial charge < -0.3 is 11.1 Å². The van der Waals surface area contributed by atoms with Crippen LogP contribution in [0.3, 0.4) is 0 Å². The van der Waals surface area contributed by atoms with Crippen molar-refractivity contribution in [2.24, 2.45) is 0 Å². The minimum absolute atomic E-state index is 0. The van der Waals surface area contributed by atoms with Crippen LogP contribution in [-0.4, -0.2) is 9.97 Å². The van der Waals surface area contributed by atoms with Crippen LogP contribution in [0.4, 0.5) is 26.0 Å². The molecule has 4 rings (SSSR count). The molecule has 4 aromatic rings. The van der Waals surface area contributed by atoms with Crippen molar-refractivity contribution >= 4 is 28.8 Å². The number of hydrogen-bond acceptors (Lipinski definition) is 4. The topological polar surface area (TPSA) is 63.8 Å². The van der Waals surface area contributed by atoms with E-state index in [1.165, 1.54) is 36.4 Å². The van der Waals surface area contributed by atoms with Gasteiger partial charge in [0.25, 0.3) is 0 Å². The van der Waals surface area contributed by atoms with Crippen molar-refractivity contribution in [3.05, 3.63) is 114 Å². The third-order valence-corrected chi connectivity index (χ3v) is 3.50. The Hall–Kier alpha value is -3.51. The minimum atomic E-state index is -0.251. The molecule has 30 heavy (non-hydrogen) atoms. The molecular formula is C23H23ClF2N4. The van der Waals surface area contributed by atoms with E-state index < -0.39 is 0 Å². The van der Waals surface area contributed by atoms with Crippen molar-refractivity contribution < 1.29 is 8.78 Å². The van der Waals surface area contributed by atoms with E-state index in [-0.39, 0.29) is 19.1 Å². The SMILES string of the molecule is C.Clc1ccccn1.Fc1ccc(Nc2ccccn2)cc1.Nc1ccc(F)cc1. The summed E-state index contributed by atoms with van der Waals surface area (Å²) in [5.41, 5.74) is 6.67.